The van der Waals surface area contributed by atoms with Crippen molar-refractivity contribution in [3.63, 3.8) is 0 Å². The minimum absolute atomic E-state index is 0.308. The smallest absolute Gasteiger partial charge is 0.352 e. The van der Waals surface area contributed by atoms with Crippen LogP contribution < -0.4 is 10.5 Å². The molecule has 0 bridgehead atoms. The van der Waals surface area contributed by atoms with E-state index in [1.807, 2.05) is 5.32 Å². The Morgan fingerprint density at radius 3 is 2.40 bits per heavy atom. The number of carbonyl (C=O) groups excluding carboxylic acids is 1. The van der Waals surface area contributed by atoms with Gasteiger partial charge in [0.1, 0.15) is 10.7 Å². The number of nitrogens with one attached hydrogen (secondary N) is 1. The predicted molar refractivity (Wildman–Crippen MR) is 60.8 cm³/mol. The molecule has 3 N–H and O–H groups in total. The molecule has 20 heavy (non-hydrogen) atoms. The SMILES string of the molecule is NS(=O)(=O)c1cc(C(=O)NCCC(F)(F)F)ccc1F. The van der Waals surface area contributed by atoms with E-state index in [1.165, 1.54) is 0 Å². The van der Waals surface area contributed by atoms with Crippen LogP contribution >= 0.6 is 0 Å². The molecular weight excluding hydrogens is 304 g/mol. The first kappa shape index (κ1) is 16.4. The maximum Gasteiger partial charge on any atom is 0.390 e. The molecular formula is C10H10F4N2O3S. The summed E-state index contributed by atoms with van der Waals surface area (Å²) >= 11 is 0. The molecule has 0 saturated carbocycles. The van der Waals surface area contributed by atoms with Gasteiger partial charge in [-0.05, 0) is 18.2 Å². The Morgan fingerprint density at radius 1 is 1.30 bits per heavy atom. The van der Waals surface area contributed by atoms with E-state index in [9.17, 15) is 30.8 Å². The molecule has 0 fully saturated rings. The van der Waals surface area contributed by atoms with Crippen molar-refractivity contribution in [2.24, 2.45) is 5.14 Å². The minimum Gasteiger partial charge on any atom is -0.352 e. The van der Waals surface area contributed by atoms with E-state index in [-0.39, 0.29) is 5.56 Å². The number of alkyl halides is 3. The van der Waals surface area contributed by atoms with E-state index in [0.717, 1.165) is 6.07 Å². The van der Waals surface area contributed by atoms with Crippen molar-refractivity contribution in [2.75, 3.05) is 6.54 Å². The lowest BCUT2D eigenvalue weighted by atomic mass is 10.2. The molecule has 1 amide bonds. The third-order valence-electron chi connectivity index (χ3n) is 2.19. The predicted octanol–water partition coefficient (Wildman–Crippen LogP) is 1.16. The number of hydrogen-bond donors (Lipinski definition) is 2. The van der Waals surface area contributed by atoms with Crippen molar-refractivity contribution >= 4 is 15.9 Å². The van der Waals surface area contributed by atoms with Gasteiger partial charge in [0.2, 0.25) is 10.0 Å². The summed E-state index contributed by atoms with van der Waals surface area (Å²) in [4.78, 5) is 10.6. The van der Waals surface area contributed by atoms with Gasteiger partial charge in [0.25, 0.3) is 5.91 Å². The molecule has 0 aliphatic carbocycles. The highest BCUT2D eigenvalue weighted by Crippen LogP contribution is 2.18. The molecule has 0 heterocycles. The minimum atomic E-state index is -4.43. The number of amides is 1. The number of carbonyl (C=O) groups is 1. The topological polar surface area (TPSA) is 89.3 Å². The van der Waals surface area contributed by atoms with Crippen LogP contribution in [0.3, 0.4) is 0 Å². The van der Waals surface area contributed by atoms with Gasteiger partial charge >= 0.3 is 6.18 Å². The first-order valence-electron chi connectivity index (χ1n) is 5.18. The highest BCUT2D eigenvalue weighted by atomic mass is 32.2. The fourth-order valence-electron chi connectivity index (χ4n) is 1.28. The van der Waals surface area contributed by atoms with E-state index in [1.54, 1.807) is 0 Å². The molecule has 1 aromatic rings. The van der Waals surface area contributed by atoms with Crippen LogP contribution in [0.1, 0.15) is 16.8 Å². The molecule has 112 valence electrons. The second-order valence-corrected chi connectivity index (χ2v) is 5.34. The van der Waals surface area contributed by atoms with Crippen molar-refractivity contribution in [1.29, 1.82) is 0 Å². The van der Waals surface area contributed by atoms with Gasteiger partial charge in [-0.25, -0.2) is 17.9 Å². The molecule has 0 aromatic heterocycles. The van der Waals surface area contributed by atoms with Crippen LogP contribution in [-0.2, 0) is 10.0 Å². The zero-order valence-electron chi connectivity index (χ0n) is 9.87. The van der Waals surface area contributed by atoms with Crippen molar-refractivity contribution in [3.8, 4) is 0 Å². The van der Waals surface area contributed by atoms with Crippen LogP contribution in [0.15, 0.2) is 23.1 Å². The zero-order chi connectivity index (χ0) is 15.6. The molecule has 0 unspecified atom stereocenters. The van der Waals surface area contributed by atoms with E-state index in [0.29, 0.717) is 12.1 Å². The van der Waals surface area contributed by atoms with E-state index in [4.69, 9.17) is 5.14 Å². The molecule has 10 heteroatoms. The molecule has 0 radical (unpaired) electrons. The Labute approximate surface area is 111 Å². The zero-order valence-corrected chi connectivity index (χ0v) is 10.7. The Kier molecular flexibility index (Phi) is 4.71. The van der Waals surface area contributed by atoms with E-state index in [2.05, 4.69) is 0 Å². The molecule has 0 saturated heterocycles. The number of sulfonamides is 1. The molecule has 0 aliphatic rings. The summed E-state index contributed by atoms with van der Waals surface area (Å²) < 4.78 is 70.9. The lowest BCUT2D eigenvalue weighted by Crippen LogP contribution is -2.28. The Bertz CT molecular complexity index is 613. The third-order valence-corrected chi connectivity index (χ3v) is 3.12. The summed E-state index contributed by atoms with van der Waals surface area (Å²) in [6.07, 6.45) is -5.66. The van der Waals surface area contributed by atoms with Crippen molar-refractivity contribution in [3.05, 3.63) is 29.6 Å². The van der Waals surface area contributed by atoms with Crippen LogP contribution in [0.2, 0.25) is 0 Å². The number of halogens is 4. The number of primary sulfonamides is 1. The van der Waals surface area contributed by atoms with Gasteiger partial charge in [0.15, 0.2) is 0 Å². The summed E-state index contributed by atoms with van der Waals surface area (Å²) in [5.41, 5.74) is -0.308. The maximum atomic E-state index is 13.2. The van der Waals surface area contributed by atoms with Gasteiger partial charge in [-0.1, -0.05) is 0 Å². The number of nitrogens with two attached hydrogens (primary N) is 1. The summed E-state index contributed by atoms with van der Waals surface area (Å²) in [6.45, 7) is -0.676. The third kappa shape index (κ3) is 4.78. The Hall–Kier alpha value is -1.68. The largest absolute Gasteiger partial charge is 0.390 e. The normalized spacial score (nSPS) is 12.2. The number of hydrogen-bond acceptors (Lipinski definition) is 3. The van der Waals surface area contributed by atoms with Crippen LogP contribution in [0.4, 0.5) is 17.6 Å². The van der Waals surface area contributed by atoms with Crippen LogP contribution in [0.25, 0.3) is 0 Å². The number of benzene rings is 1. The highest BCUT2D eigenvalue weighted by molar-refractivity contribution is 7.89. The van der Waals surface area contributed by atoms with Gasteiger partial charge in [-0.3, -0.25) is 4.79 Å². The molecule has 0 atom stereocenters. The van der Waals surface area contributed by atoms with Gasteiger partial charge in [-0.2, -0.15) is 13.2 Å². The van der Waals surface area contributed by atoms with Gasteiger partial charge in [-0.15, -0.1) is 0 Å². The van der Waals surface area contributed by atoms with Gasteiger partial charge in [0.05, 0.1) is 6.42 Å². The maximum absolute atomic E-state index is 13.2. The second-order valence-electron chi connectivity index (χ2n) is 3.81. The van der Waals surface area contributed by atoms with E-state index < -0.39 is 45.8 Å². The molecule has 1 aromatic carbocycles. The fraction of sp³-hybridized carbons (Fsp3) is 0.300. The van der Waals surface area contributed by atoms with Crippen molar-refractivity contribution < 1.29 is 30.8 Å². The Balaban J connectivity index is 2.85. The summed E-state index contributed by atoms with van der Waals surface area (Å²) in [7, 11) is -4.37. The fourth-order valence-corrected chi connectivity index (χ4v) is 1.91. The second kappa shape index (κ2) is 5.75. The standard InChI is InChI=1S/C10H10F4N2O3S/c11-7-2-1-6(5-8(7)20(15,18)19)9(17)16-4-3-10(12,13)14/h1-2,5H,3-4H2,(H,16,17)(H2,15,18,19). The summed E-state index contributed by atoms with van der Waals surface area (Å²) in [5, 5.41) is 6.67. The number of rotatable bonds is 4. The van der Waals surface area contributed by atoms with E-state index >= 15 is 0 Å². The summed E-state index contributed by atoms with van der Waals surface area (Å²) in [6, 6.07) is 2.29. The van der Waals surface area contributed by atoms with Crippen molar-refractivity contribution in [2.45, 2.75) is 17.5 Å². The Morgan fingerprint density at radius 2 is 1.90 bits per heavy atom. The van der Waals surface area contributed by atoms with Crippen LogP contribution in [-0.4, -0.2) is 27.0 Å². The molecule has 0 spiro atoms. The van der Waals surface area contributed by atoms with Crippen LogP contribution in [0.5, 0.6) is 0 Å². The lowest BCUT2D eigenvalue weighted by molar-refractivity contribution is -0.132. The lowest BCUT2D eigenvalue weighted by Gasteiger charge is -2.08. The molecule has 0 aliphatic heterocycles. The average Bonchev–Trinajstić information content (AvgIpc) is 2.26. The quantitative estimate of drug-likeness (QED) is 0.817. The molecule has 1 rings (SSSR count). The highest BCUT2D eigenvalue weighted by Gasteiger charge is 2.26. The monoisotopic (exact) mass is 314 g/mol. The van der Waals surface area contributed by atoms with Crippen molar-refractivity contribution in [1.82, 2.24) is 5.32 Å². The molecule has 5 nitrogen and oxygen atoms in total. The van der Waals surface area contributed by atoms with Gasteiger partial charge < -0.3 is 5.32 Å². The first-order valence-corrected chi connectivity index (χ1v) is 6.72. The van der Waals surface area contributed by atoms with Crippen LogP contribution in [0, 0.1) is 5.82 Å². The first-order chi connectivity index (χ1) is 9.00. The summed E-state index contributed by atoms with van der Waals surface area (Å²) in [5.74, 6) is -2.11. The van der Waals surface area contributed by atoms with Gasteiger partial charge in [0, 0.05) is 12.1 Å². The average molecular weight is 314 g/mol.